The van der Waals surface area contributed by atoms with Crippen molar-refractivity contribution in [3.63, 3.8) is 0 Å². The lowest BCUT2D eigenvalue weighted by Gasteiger charge is -2.20. The van der Waals surface area contributed by atoms with E-state index in [4.69, 9.17) is 4.74 Å². The molecular formula is C35H35NO3SSi. The zero-order valence-electron chi connectivity index (χ0n) is 23.9. The minimum absolute atomic E-state index is 0.150. The van der Waals surface area contributed by atoms with Gasteiger partial charge in [-0.3, -0.25) is 9.36 Å². The summed E-state index contributed by atoms with van der Waals surface area (Å²) in [6.45, 7) is 7.17. The van der Waals surface area contributed by atoms with Crippen molar-refractivity contribution in [2.24, 2.45) is 0 Å². The minimum atomic E-state index is -1.38. The van der Waals surface area contributed by atoms with E-state index in [0.717, 1.165) is 35.0 Å². The van der Waals surface area contributed by atoms with Crippen molar-refractivity contribution < 1.29 is 9.53 Å². The molecule has 0 spiro atoms. The van der Waals surface area contributed by atoms with E-state index < -0.39 is 19.4 Å². The lowest BCUT2D eigenvalue weighted by Crippen LogP contribution is -2.34. The molecule has 6 rings (SSSR count). The second-order valence-corrected chi connectivity index (χ2v) is 19.0. The Labute approximate surface area is 247 Å². The third kappa shape index (κ3) is 6.07. The number of esters is 1. The van der Waals surface area contributed by atoms with Gasteiger partial charge in [0.25, 0.3) is 5.56 Å². The third-order valence-electron chi connectivity index (χ3n) is 7.85. The summed E-state index contributed by atoms with van der Waals surface area (Å²) in [5, 5.41) is 2.91. The number of hydrogen-bond donors (Lipinski definition) is 0. The topological polar surface area (TPSA) is 48.3 Å². The zero-order chi connectivity index (χ0) is 28.6. The van der Waals surface area contributed by atoms with Crippen LogP contribution in [0.4, 0.5) is 0 Å². The van der Waals surface area contributed by atoms with Gasteiger partial charge in [-0.1, -0.05) is 104 Å². The van der Waals surface area contributed by atoms with Gasteiger partial charge in [-0.15, -0.1) is 0 Å². The monoisotopic (exact) mass is 577 g/mol. The molecule has 0 saturated heterocycles. The highest BCUT2D eigenvalue weighted by Crippen LogP contribution is 2.51. The molecule has 0 N–H and O–H groups in total. The molecule has 1 saturated carbocycles. The highest BCUT2D eigenvalue weighted by molar-refractivity contribution is 8.00. The van der Waals surface area contributed by atoms with E-state index in [0.29, 0.717) is 18.9 Å². The molecule has 208 valence electrons. The highest BCUT2D eigenvalue weighted by Gasteiger charge is 2.43. The molecule has 0 bridgehead atoms. The van der Waals surface area contributed by atoms with Crippen LogP contribution >= 0.6 is 11.8 Å². The van der Waals surface area contributed by atoms with Gasteiger partial charge in [0.1, 0.15) is 5.25 Å². The zero-order valence-corrected chi connectivity index (χ0v) is 25.7. The molecule has 4 aromatic rings. The molecule has 1 aliphatic carbocycles. The third-order valence-corrected chi connectivity index (χ3v) is 10.8. The van der Waals surface area contributed by atoms with Crippen LogP contribution < -0.4 is 5.56 Å². The van der Waals surface area contributed by atoms with Gasteiger partial charge in [0.05, 0.1) is 11.6 Å². The summed E-state index contributed by atoms with van der Waals surface area (Å²) in [6, 6.07) is 26.5. The number of rotatable bonds is 7. The van der Waals surface area contributed by atoms with E-state index in [9.17, 15) is 9.59 Å². The summed E-state index contributed by atoms with van der Waals surface area (Å²) in [4.78, 5) is 27.5. The average Bonchev–Trinajstić information content (AvgIpc) is 3.71. The number of pyridine rings is 1. The van der Waals surface area contributed by atoms with Crippen molar-refractivity contribution in [2.45, 2.75) is 67.2 Å². The molecule has 2 unspecified atom stereocenters. The van der Waals surface area contributed by atoms with Gasteiger partial charge in [-0.05, 0) is 70.8 Å². The summed E-state index contributed by atoms with van der Waals surface area (Å²) >= 11 is 1.57. The smallest absolute Gasteiger partial charge is 0.331 e. The summed E-state index contributed by atoms with van der Waals surface area (Å²) < 4.78 is 7.54. The molecule has 1 aromatic heterocycles. The van der Waals surface area contributed by atoms with Crippen LogP contribution in [0.5, 0.6) is 0 Å². The predicted octanol–water partition coefficient (Wildman–Crippen LogP) is 7.42. The summed E-state index contributed by atoms with van der Waals surface area (Å²) in [5.41, 5.74) is 4.23. The Morgan fingerprint density at radius 3 is 2.46 bits per heavy atom. The lowest BCUT2D eigenvalue weighted by molar-refractivity contribution is -0.146. The van der Waals surface area contributed by atoms with Crippen LogP contribution in [0, 0.1) is 11.8 Å². The van der Waals surface area contributed by atoms with E-state index in [1.165, 1.54) is 21.9 Å². The molecule has 1 aliphatic heterocycles. The summed E-state index contributed by atoms with van der Waals surface area (Å²) in [7, 11) is -1.38. The molecule has 2 atom stereocenters. The largest absolute Gasteiger partial charge is 0.464 e. The molecule has 0 radical (unpaired) electrons. The Bertz CT molecular complexity index is 1720. The molecule has 0 amide bonds. The Morgan fingerprint density at radius 2 is 1.71 bits per heavy atom. The Kier molecular flexibility index (Phi) is 7.67. The Hall–Kier alpha value is -3.53. The van der Waals surface area contributed by atoms with E-state index in [2.05, 4.69) is 73.9 Å². The van der Waals surface area contributed by atoms with Crippen molar-refractivity contribution in [1.82, 2.24) is 4.57 Å². The lowest BCUT2D eigenvalue weighted by atomic mass is 9.95. The quantitative estimate of drug-likeness (QED) is 0.130. The summed E-state index contributed by atoms with van der Waals surface area (Å²) in [6.07, 6.45) is 2.88. The number of nitrogens with zero attached hydrogens (tertiary/aromatic N) is 1. The number of fused-ring (bicyclic) bond motifs is 2. The number of carbonyl (C=O) groups excluding carboxylic acids is 1. The minimum Gasteiger partial charge on any atom is -0.464 e. The number of thioether (sulfide) groups is 1. The second-order valence-electron chi connectivity index (χ2n) is 12.3. The van der Waals surface area contributed by atoms with Gasteiger partial charge in [0.15, 0.2) is 6.04 Å². The van der Waals surface area contributed by atoms with Crippen molar-refractivity contribution in [3.05, 3.63) is 111 Å². The van der Waals surface area contributed by atoms with Crippen molar-refractivity contribution in [2.75, 3.05) is 6.61 Å². The van der Waals surface area contributed by atoms with Crippen molar-refractivity contribution >= 4 is 36.6 Å². The van der Waals surface area contributed by atoms with E-state index >= 15 is 0 Å². The first kappa shape index (κ1) is 27.6. The van der Waals surface area contributed by atoms with Gasteiger partial charge >= 0.3 is 5.97 Å². The van der Waals surface area contributed by atoms with E-state index in [1.807, 2.05) is 30.3 Å². The molecule has 6 heteroatoms. The van der Waals surface area contributed by atoms with Crippen LogP contribution in [-0.4, -0.2) is 30.5 Å². The van der Waals surface area contributed by atoms with Gasteiger partial charge in [-0.2, -0.15) is 0 Å². The Balaban J connectivity index is 1.41. The maximum absolute atomic E-state index is 13.8. The number of benzene rings is 3. The molecule has 2 heterocycles. The number of hydrogen-bond acceptors (Lipinski definition) is 4. The highest BCUT2D eigenvalue weighted by atomic mass is 32.2. The van der Waals surface area contributed by atoms with Crippen LogP contribution in [0.3, 0.4) is 0 Å². The first-order chi connectivity index (χ1) is 19.8. The van der Waals surface area contributed by atoms with Crippen LogP contribution in [0.25, 0.3) is 10.8 Å². The fraction of sp³-hybridized carbons (Fsp3) is 0.314. The molecule has 4 nitrogen and oxygen atoms in total. The van der Waals surface area contributed by atoms with Crippen molar-refractivity contribution in [3.8, 4) is 11.8 Å². The number of ether oxygens (including phenoxy) is 1. The van der Waals surface area contributed by atoms with E-state index in [1.54, 1.807) is 22.4 Å². The second kappa shape index (κ2) is 11.4. The average molecular weight is 578 g/mol. The molecule has 41 heavy (non-hydrogen) atoms. The van der Waals surface area contributed by atoms with E-state index in [-0.39, 0.29) is 11.5 Å². The van der Waals surface area contributed by atoms with Crippen molar-refractivity contribution in [1.29, 1.82) is 0 Å². The maximum Gasteiger partial charge on any atom is 0.331 e. The fourth-order valence-electron chi connectivity index (χ4n) is 5.53. The molecule has 2 aliphatic rings. The number of carbonyl (C=O) groups is 1. The van der Waals surface area contributed by atoms with Crippen LogP contribution in [-0.2, 0) is 16.0 Å². The van der Waals surface area contributed by atoms with Crippen LogP contribution in [0.1, 0.15) is 47.1 Å². The summed E-state index contributed by atoms with van der Waals surface area (Å²) in [5.74, 6) is 6.66. The fourth-order valence-corrected chi connectivity index (χ4v) is 7.71. The van der Waals surface area contributed by atoms with Gasteiger partial charge in [0, 0.05) is 19.7 Å². The first-order valence-corrected chi connectivity index (χ1v) is 19.0. The molecule has 1 fully saturated rings. The van der Waals surface area contributed by atoms with Crippen LogP contribution in [0.15, 0.2) is 88.7 Å². The van der Waals surface area contributed by atoms with Gasteiger partial charge in [-0.25, -0.2) is 4.79 Å². The normalized spacial score (nSPS) is 18.0. The standard InChI is InChI=1S/C35H35NO3SSi/c1-41(2,3)21-20-39-35(38)33-30(19-16-24-10-5-4-6-11-24)40-34-32(26-17-18-26)28(23-31(37)36(33)34)22-27-14-9-13-25-12-7-8-15-29(25)27/h4-15,23,26,30,33H,17-18,20-22H2,1-3H3. The van der Waals surface area contributed by atoms with Gasteiger partial charge < -0.3 is 4.74 Å². The SMILES string of the molecule is C[Si](C)(C)CCOC(=O)C1C(C#Cc2ccccc2)Sc2c(C3CC3)c(Cc3cccc4ccccc34)cc(=O)n21. The Morgan fingerprint density at radius 1 is 0.976 bits per heavy atom. The molecular weight excluding hydrogens is 543 g/mol. The van der Waals surface area contributed by atoms with Crippen LogP contribution in [0.2, 0.25) is 25.7 Å². The first-order valence-electron chi connectivity index (χ1n) is 14.4. The van der Waals surface area contributed by atoms with Gasteiger partial charge in [0.2, 0.25) is 0 Å². The maximum atomic E-state index is 13.8. The molecule has 3 aromatic carbocycles. The predicted molar refractivity (Wildman–Crippen MR) is 171 cm³/mol. The number of aromatic nitrogens is 1.